The Labute approximate surface area is 138 Å². The largest absolute Gasteiger partial charge is 0.477 e. The fraction of sp³-hybridized carbons (Fsp3) is 0.529. The smallest absolute Gasteiger partial charge is 0.354 e. The van der Waals surface area contributed by atoms with E-state index in [1.54, 1.807) is 10.7 Å². The monoisotopic (exact) mass is 334 g/mol. The maximum absolute atomic E-state index is 11.6. The molecule has 0 aliphatic carbocycles. The number of carbonyl (C=O) groups is 1. The van der Waals surface area contributed by atoms with Crippen LogP contribution in [0.2, 0.25) is 18.1 Å². The van der Waals surface area contributed by atoms with Crippen LogP contribution in [0.5, 0.6) is 0 Å². The average molecular weight is 334 g/mol. The van der Waals surface area contributed by atoms with Gasteiger partial charge in [0.15, 0.2) is 14.0 Å². The summed E-state index contributed by atoms with van der Waals surface area (Å²) in [7, 11) is -1.89. The molecule has 1 aromatic heterocycles. The second-order valence-electron chi connectivity index (χ2n) is 7.54. The number of carboxylic acids is 1. The summed E-state index contributed by atoms with van der Waals surface area (Å²) in [6.07, 6.45) is -0.0942. The molecule has 1 aromatic carbocycles. The van der Waals surface area contributed by atoms with Gasteiger partial charge in [-0.2, -0.15) is 5.10 Å². The molecule has 0 saturated heterocycles. The Kier molecular flexibility index (Phi) is 4.68. The molecule has 0 aliphatic rings. The number of aromatic carboxylic acids is 1. The zero-order valence-corrected chi connectivity index (χ0v) is 15.8. The topological polar surface area (TPSA) is 64.4 Å². The summed E-state index contributed by atoms with van der Waals surface area (Å²) in [6.45, 7) is 13.4. The van der Waals surface area contributed by atoms with Crippen LogP contribution < -0.4 is 0 Å². The standard InChI is InChI=1S/C17H26N2O3Si/c1-12(22-23(5,6)17(2,3)4)11-19-15(16(20)21)13-9-7-8-10-14(13)18-19/h7-10,12H,11H2,1-6H3,(H,20,21)/t12-/m0/s1. The molecule has 1 heterocycles. The van der Waals surface area contributed by atoms with Crippen molar-refractivity contribution in [2.24, 2.45) is 0 Å². The Morgan fingerprint density at radius 2 is 1.96 bits per heavy atom. The van der Waals surface area contributed by atoms with E-state index in [2.05, 4.69) is 39.0 Å². The summed E-state index contributed by atoms with van der Waals surface area (Å²) in [5, 5.41) is 14.8. The zero-order chi connectivity index (χ0) is 17.4. The molecule has 23 heavy (non-hydrogen) atoms. The van der Waals surface area contributed by atoms with Crippen LogP contribution >= 0.6 is 0 Å². The highest BCUT2D eigenvalue weighted by molar-refractivity contribution is 6.74. The third kappa shape index (κ3) is 3.64. The molecule has 1 N–H and O–H groups in total. The minimum absolute atomic E-state index is 0.0942. The minimum Gasteiger partial charge on any atom is -0.477 e. The number of fused-ring (bicyclic) bond motifs is 1. The molecule has 5 nitrogen and oxygen atoms in total. The van der Waals surface area contributed by atoms with Gasteiger partial charge in [0.2, 0.25) is 0 Å². The summed E-state index contributed by atoms with van der Waals surface area (Å²) >= 11 is 0. The van der Waals surface area contributed by atoms with Gasteiger partial charge in [0.25, 0.3) is 0 Å². The SMILES string of the molecule is C[C@@H](Cn1nc2ccccc2c1C(=O)O)O[Si](C)(C)C(C)(C)C. The van der Waals surface area contributed by atoms with Gasteiger partial charge < -0.3 is 9.53 Å². The normalized spacial score (nSPS) is 14.2. The van der Waals surface area contributed by atoms with Crippen molar-refractivity contribution in [3.8, 4) is 0 Å². The maximum atomic E-state index is 11.6. The summed E-state index contributed by atoms with van der Waals surface area (Å²) in [5.74, 6) is -0.960. The van der Waals surface area contributed by atoms with E-state index in [9.17, 15) is 9.90 Å². The molecule has 2 aromatic rings. The first-order chi connectivity index (χ1) is 10.5. The summed E-state index contributed by atoms with van der Waals surface area (Å²) in [6, 6.07) is 7.32. The number of rotatable bonds is 5. The zero-order valence-electron chi connectivity index (χ0n) is 14.8. The molecule has 0 bridgehead atoms. The van der Waals surface area contributed by atoms with Crippen LogP contribution in [0.15, 0.2) is 24.3 Å². The van der Waals surface area contributed by atoms with E-state index < -0.39 is 14.3 Å². The molecule has 126 valence electrons. The first-order valence-electron chi connectivity index (χ1n) is 7.89. The van der Waals surface area contributed by atoms with Gasteiger partial charge in [0.05, 0.1) is 18.2 Å². The van der Waals surface area contributed by atoms with Crippen molar-refractivity contribution in [1.29, 1.82) is 0 Å². The van der Waals surface area contributed by atoms with E-state index in [1.807, 2.05) is 25.1 Å². The predicted octanol–water partition coefficient (Wildman–Crippen LogP) is 4.14. The molecule has 2 rings (SSSR count). The highest BCUT2D eigenvalue weighted by Crippen LogP contribution is 2.37. The lowest BCUT2D eigenvalue weighted by Crippen LogP contribution is -2.44. The van der Waals surface area contributed by atoms with Crippen molar-refractivity contribution in [2.45, 2.75) is 58.5 Å². The Hall–Kier alpha value is -1.66. The Bertz CT molecular complexity index is 716. The lowest BCUT2D eigenvalue weighted by molar-refractivity contribution is 0.0681. The van der Waals surface area contributed by atoms with E-state index >= 15 is 0 Å². The molecule has 0 spiro atoms. The second kappa shape index (κ2) is 6.09. The Morgan fingerprint density at radius 1 is 1.35 bits per heavy atom. The molecule has 6 heteroatoms. The number of aromatic nitrogens is 2. The Morgan fingerprint density at radius 3 is 2.52 bits per heavy atom. The van der Waals surface area contributed by atoms with Crippen LogP contribution in [0.4, 0.5) is 0 Å². The molecular weight excluding hydrogens is 308 g/mol. The van der Waals surface area contributed by atoms with Gasteiger partial charge in [0, 0.05) is 5.39 Å². The van der Waals surface area contributed by atoms with E-state index in [4.69, 9.17) is 4.43 Å². The molecule has 0 saturated carbocycles. The summed E-state index contributed by atoms with van der Waals surface area (Å²) < 4.78 is 7.88. The fourth-order valence-electron chi connectivity index (χ4n) is 2.40. The van der Waals surface area contributed by atoms with E-state index in [-0.39, 0.29) is 16.8 Å². The molecule has 0 amide bonds. The van der Waals surface area contributed by atoms with Gasteiger partial charge in [0.1, 0.15) is 0 Å². The third-order valence-electron chi connectivity index (χ3n) is 4.58. The van der Waals surface area contributed by atoms with Crippen LogP contribution in [-0.4, -0.2) is 35.3 Å². The number of benzene rings is 1. The number of carboxylic acid groups (broad SMARTS) is 1. The van der Waals surface area contributed by atoms with Crippen LogP contribution in [-0.2, 0) is 11.0 Å². The second-order valence-corrected chi connectivity index (χ2v) is 12.3. The minimum atomic E-state index is -1.89. The van der Waals surface area contributed by atoms with Gasteiger partial charge in [-0.3, -0.25) is 4.68 Å². The van der Waals surface area contributed by atoms with Crippen LogP contribution in [0.1, 0.15) is 38.2 Å². The van der Waals surface area contributed by atoms with Gasteiger partial charge in [-0.05, 0) is 31.1 Å². The fourth-order valence-corrected chi connectivity index (χ4v) is 3.83. The Balaban J connectivity index is 2.28. The van der Waals surface area contributed by atoms with E-state index in [0.29, 0.717) is 17.4 Å². The highest BCUT2D eigenvalue weighted by Gasteiger charge is 2.38. The first kappa shape index (κ1) is 17.7. The highest BCUT2D eigenvalue weighted by atomic mass is 28.4. The van der Waals surface area contributed by atoms with Gasteiger partial charge in [-0.25, -0.2) is 4.79 Å². The van der Waals surface area contributed by atoms with Crippen molar-refractivity contribution < 1.29 is 14.3 Å². The number of nitrogens with zero attached hydrogens (tertiary/aromatic N) is 2. The molecule has 0 unspecified atom stereocenters. The van der Waals surface area contributed by atoms with E-state index in [0.717, 1.165) is 0 Å². The number of hydrogen-bond donors (Lipinski definition) is 1. The predicted molar refractivity (Wildman–Crippen MR) is 94.4 cm³/mol. The van der Waals surface area contributed by atoms with E-state index in [1.165, 1.54) is 0 Å². The van der Waals surface area contributed by atoms with Crippen molar-refractivity contribution in [3.63, 3.8) is 0 Å². The summed E-state index contributed by atoms with van der Waals surface area (Å²) in [4.78, 5) is 11.6. The van der Waals surface area contributed by atoms with Crippen molar-refractivity contribution in [3.05, 3.63) is 30.0 Å². The molecular formula is C17H26N2O3Si. The number of hydrogen-bond acceptors (Lipinski definition) is 3. The van der Waals surface area contributed by atoms with Crippen LogP contribution in [0, 0.1) is 0 Å². The van der Waals surface area contributed by atoms with Crippen LogP contribution in [0.25, 0.3) is 10.9 Å². The van der Waals surface area contributed by atoms with Crippen molar-refractivity contribution in [2.75, 3.05) is 0 Å². The van der Waals surface area contributed by atoms with Crippen molar-refractivity contribution >= 4 is 25.2 Å². The lowest BCUT2D eigenvalue weighted by Gasteiger charge is -2.38. The van der Waals surface area contributed by atoms with Crippen LogP contribution in [0.3, 0.4) is 0 Å². The van der Waals surface area contributed by atoms with Gasteiger partial charge >= 0.3 is 5.97 Å². The molecule has 0 fully saturated rings. The average Bonchev–Trinajstić information content (AvgIpc) is 2.73. The summed E-state index contributed by atoms with van der Waals surface area (Å²) in [5.41, 5.74) is 0.927. The third-order valence-corrected chi connectivity index (χ3v) is 9.18. The van der Waals surface area contributed by atoms with Crippen molar-refractivity contribution in [1.82, 2.24) is 9.78 Å². The van der Waals surface area contributed by atoms with Gasteiger partial charge in [-0.15, -0.1) is 0 Å². The quantitative estimate of drug-likeness (QED) is 0.835. The maximum Gasteiger partial charge on any atom is 0.354 e. The van der Waals surface area contributed by atoms with Gasteiger partial charge in [-0.1, -0.05) is 39.0 Å². The molecule has 0 radical (unpaired) electrons. The first-order valence-corrected chi connectivity index (χ1v) is 10.8. The lowest BCUT2D eigenvalue weighted by atomic mass is 10.2. The molecule has 1 atom stereocenters. The molecule has 0 aliphatic heterocycles.